The topological polar surface area (TPSA) is 12.0 Å². The average Bonchev–Trinajstić information content (AvgIpc) is 2.17. The van der Waals surface area contributed by atoms with Crippen molar-refractivity contribution in [2.24, 2.45) is 5.92 Å². The van der Waals surface area contributed by atoms with Crippen molar-refractivity contribution in [3.05, 3.63) is 0 Å². The van der Waals surface area contributed by atoms with E-state index in [1.807, 2.05) is 0 Å². The molecular formula is C12H27NS. The van der Waals surface area contributed by atoms with E-state index in [4.69, 9.17) is 0 Å². The standard InChI is InChI=1S/C12H27NS/c1-5-8-11(4)12(13-7-3)10-14-9-6-2/h11-13H,5-10H2,1-4H3. The molecule has 2 unspecified atom stereocenters. The Morgan fingerprint density at radius 2 is 1.86 bits per heavy atom. The molecule has 1 N–H and O–H groups in total. The Hall–Kier alpha value is 0.310. The molecule has 14 heavy (non-hydrogen) atoms. The van der Waals surface area contributed by atoms with E-state index in [2.05, 4.69) is 44.8 Å². The first-order chi connectivity index (χ1) is 6.76. The van der Waals surface area contributed by atoms with Crippen LogP contribution in [0.5, 0.6) is 0 Å². The summed E-state index contributed by atoms with van der Waals surface area (Å²) in [5.41, 5.74) is 0. The molecule has 0 spiro atoms. The lowest BCUT2D eigenvalue weighted by atomic mass is 9.98. The van der Waals surface area contributed by atoms with Gasteiger partial charge in [-0.1, -0.05) is 34.1 Å². The first kappa shape index (κ1) is 14.3. The molecule has 0 heterocycles. The minimum Gasteiger partial charge on any atom is -0.313 e. The van der Waals surface area contributed by atoms with Crippen molar-refractivity contribution in [1.82, 2.24) is 5.32 Å². The summed E-state index contributed by atoms with van der Waals surface area (Å²) in [4.78, 5) is 0. The Balaban J connectivity index is 3.74. The summed E-state index contributed by atoms with van der Waals surface area (Å²) in [6.45, 7) is 10.2. The van der Waals surface area contributed by atoms with Gasteiger partial charge in [0.05, 0.1) is 0 Å². The first-order valence-electron chi connectivity index (χ1n) is 6.07. The summed E-state index contributed by atoms with van der Waals surface area (Å²) >= 11 is 2.09. The molecular weight excluding hydrogens is 190 g/mol. The monoisotopic (exact) mass is 217 g/mol. The highest BCUT2D eigenvalue weighted by atomic mass is 32.2. The zero-order chi connectivity index (χ0) is 10.8. The lowest BCUT2D eigenvalue weighted by Crippen LogP contribution is -2.37. The van der Waals surface area contributed by atoms with Gasteiger partial charge in [0.25, 0.3) is 0 Å². The van der Waals surface area contributed by atoms with Gasteiger partial charge in [0.2, 0.25) is 0 Å². The number of hydrogen-bond acceptors (Lipinski definition) is 2. The van der Waals surface area contributed by atoms with Crippen LogP contribution in [0.1, 0.15) is 47.0 Å². The van der Waals surface area contributed by atoms with E-state index in [0.717, 1.165) is 18.5 Å². The normalized spacial score (nSPS) is 15.4. The summed E-state index contributed by atoms with van der Waals surface area (Å²) in [5, 5.41) is 3.61. The van der Waals surface area contributed by atoms with Gasteiger partial charge < -0.3 is 5.32 Å². The Morgan fingerprint density at radius 3 is 2.36 bits per heavy atom. The maximum atomic E-state index is 3.61. The van der Waals surface area contributed by atoms with Crippen LogP contribution in [0.15, 0.2) is 0 Å². The number of nitrogens with one attached hydrogen (secondary N) is 1. The fourth-order valence-corrected chi connectivity index (χ4v) is 2.85. The second kappa shape index (κ2) is 9.85. The molecule has 0 bridgehead atoms. The largest absolute Gasteiger partial charge is 0.313 e. The van der Waals surface area contributed by atoms with E-state index in [9.17, 15) is 0 Å². The van der Waals surface area contributed by atoms with Crippen LogP contribution in [-0.2, 0) is 0 Å². The summed E-state index contributed by atoms with van der Waals surface area (Å²) < 4.78 is 0. The Kier molecular flexibility index (Phi) is 10.1. The Labute approximate surface area is 94.4 Å². The second-order valence-electron chi connectivity index (χ2n) is 4.01. The fourth-order valence-electron chi connectivity index (χ4n) is 1.70. The molecule has 0 aliphatic heterocycles. The van der Waals surface area contributed by atoms with Gasteiger partial charge in [0.1, 0.15) is 0 Å². The van der Waals surface area contributed by atoms with Crippen LogP contribution < -0.4 is 5.32 Å². The van der Waals surface area contributed by atoms with Crippen LogP contribution >= 0.6 is 11.8 Å². The lowest BCUT2D eigenvalue weighted by molar-refractivity contribution is 0.388. The van der Waals surface area contributed by atoms with Crippen molar-refractivity contribution < 1.29 is 0 Å². The second-order valence-corrected chi connectivity index (χ2v) is 5.15. The molecule has 0 fully saturated rings. The third-order valence-electron chi connectivity index (χ3n) is 2.54. The number of thioether (sulfide) groups is 1. The molecule has 0 amide bonds. The molecule has 0 rings (SSSR count). The van der Waals surface area contributed by atoms with Gasteiger partial charge in [0.15, 0.2) is 0 Å². The third kappa shape index (κ3) is 6.72. The van der Waals surface area contributed by atoms with Gasteiger partial charge in [-0.2, -0.15) is 11.8 Å². The molecule has 1 nitrogen and oxygen atoms in total. The molecule has 0 aromatic rings. The zero-order valence-electron chi connectivity index (χ0n) is 10.3. The highest BCUT2D eigenvalue weighted by molar-refractivity contribution is 7.99. The molecule has 2 atom stereocenters. The van der Waals surface area contributed by atoms with Crippen LogP contribution in [0.3, 0.4) is 0 Å². The Morgan fingerprint density at radius 1 is 1.14 bits per heavy atom. The van der Waals surface area contributed by atoms with Crippen molar-refractivity contribution in [2.45, 2.75) is 53.0 Å². The lowest BCUT2D eigenvalue weighted by Gasteiger charge is -2.24. The van der Waals surface area contributed by atoms with E-state index >= 15 is 0 Å². The van der Waals surface area contributed by atoms with E-state index < -0.39 is 0 Å². The quantitative estimate of drug-likeness (QED) is 0.593. The molecule has 86 valence electrons. The molecule has 0 aromatic heterocycles. The molecule has 2 heteroatoms. The van der Waals surface area contributed by atoms with Gasteiger partial charge in [-0.3, -0.25) is 0 Å². The summed E-state index contributed by atoms with van der Waals surface area (Å²) in [6.07, 6.45) is 3.96. The van der Waals surface area contributed by atoms with Gasteiger partial charge in [-0.15, -0.1) is 0 Å². The van der Waals surface area contributed by atoms with Crippen LogP contribution in [0, 0.1) is 5.92 Å². The summed E-state index contributed by atoms with van der Waals surface area (Å²) in [6, 6.07) is 0.719. The Bertz CT molecular complexity index is 117. The zero-order valence-corrected chi connectivity index (χ0v) is 11.1. The SMILES string of the molecule is CCCSCC(NCC)C(C)CCC. The minimum atomic E-state index is 0.719. The molecule has 0 saturated carbocycles. The fraction of sp³-hybridized carbons (Fsp3) is 1.00. The van der Waals surface area contributed by atoms with Crippen molar-refractivity contribution >= 4 is 11.8 Å². The van der Waals surface area contributed by atoms with E-state index in [-0.39, 0.29) is 0 Å². The highest BCUT2D eigenvalue weighted by Gasteiger charge is 2.14. The van der Waals surface area contributed by atoms with Crippen molar-refractivity contribution in [3.8, 4) is 0 Å². The van der Waals surface area contributed by atoms with E-state index in [1.165, 1.54) is 30.8 Å². The van der Waals surface area contributed by atoms with Crippen LogP contribution in [0.4, 0.5) is 0 Å². The molecule has 0 radical (unpaired) electrons. The van der Waals surface area contributed by atoms with Crippen LogP contribution in [-0.4, -0.2) is 24.1 Å². The highest BCUT2D eigenvalue weighted by Crippen LogP contribution is 2.15. The van der Waals surface area contributed by atoms with Crippen molar-refractivity contribution in [2.75, 3.05) is 18.1 Å². The van der Waals surface area contributed by atoms with Gasteiger partial charge >= 0.3 is 0 Å². The minimum absolute atomic E-state index is 0.719. The van der Waals surface area contributed by atoms with Gasteiger partial charge in [0, 0.05) is 11.8 Å². The van der Waals surface area contributed by atoms with E-state index in [0.29, 0.717) is 0 Å². The maximum absolute atomic E-state index is 3.61. The van der Waals surface area contributed by atoms with E-state index in [1.54, 1.807) is 0 Å². The third-order valence-corrected chi connectivity index (χ3v) is 3.83. The van der Waals surface area contributed by atoms with Gasteiger partial charge in [-0.25, -0.2) is 0 Å². The van der Waals surface area contributed by atoms with Gasteiger partial charge in [-0.05, 0) is 31.1 Å². The van der Waals surface area contributed by atoms with Crippen LogP contribution in [0.2, 0.25) is 0 Å². The van der Waals surface area contributed by atoms with Crippen molar-refractivity contribution in [3.63, 3.8) is 0 Å². The molecule has 0 aliphatic rings. The predicted molar refractivity (Wildman–Crippen MR) is 69.2 cm³/mol. The summed E-state index contributed by atoms with van der Waals surface area (Å²) in [5.74, 6) is 3.41. The molecule has 0 saturated heterocycles. The first-order valence-corrected chi connectivity index (χ1v) is 7.22. The number of hydrogen-bond donors (Lipinski definition) is 1. The van der Waals surface area contributed by atoms with Crippen molar-refractivity contribution in [1.29, 1.82) is 0 Å². The number of rotatable bonds is 9. The smallest absolute Gasteiger partial charge is 0.0183 e. The maximum Gasteiger partial charge on any atom is 0.0183 e. The molecule has 0 aliphatic carbocycles. The predicted octanol–water partition coefficient (Wildman–Crippen LogP) is 3.54. The molecule has 0 aromatic carbocycles. The van der Waals surface area contributed by atoms with Crippen LogP contribution in [0.25, 0.3) is 0 Å². The average molecular weight is 217 g/mol. The summed E-state index contributed by atoms with van der Waals surface area (Å²) in [7, 11) is 0.